The van der Waals surface area contributed by atoms with Crippen LogP contribution in [-0.4, -0.2) is 29.3 Å². The first kappa shape index (κ1) is 17.2. The standard InChI is InChI=1S/C16H17ClFN3O2/c1-9(2)21-14(22)8-11(16(23)20-6-5-19)15(21)10-3-4-12(17)13(18)7-10/h3-4,7,9,11,15H,6,8H2,1-2H3,(H,20,23)/t11-,15-/m1/s1. The van der Waals surface area contributed by atoms with Crippen LogP contribution in [0.1, 0.15) is 31.9 Å². The number of rotatable bonds is 4. The molecule has 1 aliphatic heterocycles. The minimum atomic E-state index is -0.668. The van der Waals surface area contributed by atoms with Gasteiger partial charge in [-0.1, -0.05) is 17.7 Å². The number of likely N-dealkylation sites (tertiary alicyclic amines) is 1. The van der Waals surface area contributed by atoms with Gasteiger partial charge in [0.25, 0.3) is 0 Å². The molecule has 0 aromatic heterocycles. The first-order valence-corrected chi connectivity index (χ1v) is 7.65. The fourth-order valence-corrected chi connectivity index (χ4v) is 3.06. The molecule has 1 fully saturated rings. The molecule has 2 atom stereocenters. The van der Waals surface area contributed by atoms with Gasteiger partial charge in [-0.2, -0.15) is 5.26 Å². The normalized spacial score (nSPS) is 20.7. The average molecular weight is 338 g/mol. The minimum absolute atomic E-state index is 0.0142. The highest BCUT2D eigenvalue weighted by molar-refractivity contribution is 6.30. The SMILES string of the molecule is CC(C)N1C(=O)C[C@@H](C(=O)NCC#N)[C@H]1c1ccc(Cl)c(F)c1. The van der Waals surface area contributed by atoms with Crippen molar-refractivity contribution in [1.29, 1.82) is 5.26 Å². The molecule has 2 amide bonds. The van der Waals surface area contributed by atoms with Crippen molar-refractivity contribution in [3.63, 3.8) is 0 Å². The van der Waals surface area contributed by atoms with Crippen LogP contribution in [0, 0.1) is 23.1 Å². The maximum atomic E-state index is 13.8. The van der Waals surface area contributed by atoms with Gasteiger partial charge in [-0.3, -0.25) is 9.59 Å². The van der Waals surface area contributed by atoms with Gasteiger partial charge in [-0.15, -0.1) is 0 Å². The monoisotopic (exact) mass is 337 g/mol. The zero-order chi connectivity index (χ0) is 17.1. The third-order valence-corrected chi connectivity index (χ3v) is 4.19. The van der Waals surface area contributed by atoms with E-state index in [0.717, 1.165) is 0 Å². The summed E-state index contributed by atoms with van der Waals surface area (Å²) in [6.07, 6.45) is 0.0321. The van der Waals surface area contributed by atoms with E-state index in [4.69, 9.17) is 16.9 Å². The first-order chi connectivity index (χ1) is 10.9. The lowest BCUT2D eigenvalue weighted by molar-refractivity contribution is -0.130. The number of nitrogens with zero attached hydrogens (tertiary/aromatic N) is 2. The molecule has 1 heterocycles. The van der Waals surface area contributed by atoms with E-state index in [1.54, 1.807) is 11.0 Å². The molecule has 5 nitrogen and oxygen atoms in total. The van der Waals surface area contributed by atoms with Gasteiger partial charge in [-0.25, -0.2) is 4.39 Å². The van der Waals surface area contributed by atoms with Gasteiger partial charge in [-0.05, 0) is 31.5 Å². The molecule has 1 aromatic carbocycles. The van der Waals surface area contributed by atoms with Crippen LogP contribution >= 0.6 is 11.6 Å². The Morgan fingerprint density at radius 2 is 2.26 bits per heavy atom. The summed E-state index contributed by atoms with van der Waals surface area (Å²) in [7, 11) is 0. The Bertz CT molecular complexity index is 672. The van der Waals surface area contributed by atoms with Gasteiger partial charge in [0, 0.05) is 12.5 Å². The second-order valence-corrected chi connectivity index (χ2v) is 6.11. The highest BCUT2D eigenvalue weighted by Crippen LogP contribution is 2.40. The fourth-order valence-electron chi connectivity index (χ4n) is 2.95. The van der Waals surface area contributed by atoms with Gasteiger partial charge >= 0.3 is 0 Å². The number of amides is 2. The molecule has 1 saturated heterocycles. The molecule has 1 N–H and O–H groups in total. The van der Waals surface area contributed by atoms with Gasteiger partial charge in [0.15, 0.2) is 0 Å². The van der Waals surface area contributed by atoms with Crippen LogP contribution in [0.15, 0.2) is 18.2 Å². The maximum Gasteiger partial charge on any atom is 0.226 e. The fraction of sp³-hybridized carbons (Fsp3) is 0.438. The quantitative estimate of drug-likeness (QED) is 0.857. The Labute approximate surface area is 139 Å². The lowest BCUT2D eigenvalue weighted by Gasteiger charge is -2.31. The zero-order valence-corrected chi connectivity index (χ0v) is 13.6. The summed E-state index contributed by atoms with van der Waals surface area (Å²) < 4.78 is 13.8. The van der Waals surface area contributed by atoms with Crippen molar-refractivity contribution in [2.24, 2.45) is 5.92 Å². The van der Waals surface area contributed by atoms with Crippen molar-refractivity contribution >= 4 is 23.4 Å². The number of nitriles is 1. The second-order valence-electron chi connectivity index (χ2n) is 5.70. The third kappa shape index (κ3) is 3.45. The molecule has 0 radical (unpaired) electrons. The molecule has 0 spiro atoms. The van der Waals surface area contributed by atoms with E-state index in [9.17, 15) is 14.0 Å². The van der Waals surface area contributed by atoms with Crippen LogP contribution in [0.4, 0.5) is 4.39 Å². The van der Waals surface area contributed by atoms with Gasteiger partial charge in [0.2, 0.25) is 11.8 Å². The van der Waals surface area contributed by atoms with Crippen molar-refractivity contribution in [3.8, 4) is 6.07 Å². The topological polar surface area (TPSA) is 73.2 Å². The summed E-state index contributed by atoms with van der Waals surface area (Å²) in [6.45, 7) is 3.55. The smallest absolute Gasteiger partial charge is 0.226 e. The molecule has 0 aliphatic carbocycles. The average Bonchev–Trinajstić information content (AvgIpc) is 2.85. The number of carbonyl (C=O) groups excluding carboxylic acids is 2. The number of halogens is 2. The molecule has 23 heavy (non-hydrogen) atoms. The predicted octanol–water partition coefficient (Wildman–Crippen LogP) is 2.42. The molecule has 7 heteroatoms. The Kier molecular flexibility index (Phi) is 5.22. The molecule has 0 saturated carbocycles. The number of hydrogen-bond donors (Lipinski definition) is 1. The highest BCUT2D eigenvalue weighted by Gasteiger charge is 2.45. The molecule has 1 aromatic rings. The van der Waals surface area contributed by atoms with E-state index >= 15 is 0 Å². The summed E-state index contributed by atoms with van der Waals surface area (Å²) in [5, 5.41) is 11.1. The number of benzene rings is 1. The van der Waals surface area contributed by atoms with E-state index in [2.05, 4.69) is 5.32 Å². The summed E-state index contributed by atoms with van der Waals surface area (Å²) >= 11 is 5.71. The van der Waals surface area contributed by atoms with Crippen molar-refractivity contribution in [2.45, 2.75) is 32.4 Å². The molecule has 2 rings (SSSR count). The van der Waals surface area contributed by atoms with Crippen LogP contribution in [0.5, 0.6) is 0 Å². The summed E-state index contributed by atoms with van der Waals surface area (Å²) in [5.74, 6) is -1.82. The van der Waals surface area contributed by atoms with Crippen LogP contribution in [0.3, 0.4) is 0 Å². The van der Waals surface area contributed by atoms with Crippen molar-refractivity contribution in [3.05, 3.63) is 34.6 Å². The minimum Gasteiger partial charge on any atom is -0.343 e. The summed E-state index contributed by atoms with van der Waals surface area (Å²) in [5.41, 5.74) is 0.517. The van der Waals surface area contributed by atoms with Gasteiger partial charge in [0.05, 0.1) is 23.1 Å². The van der Waals surface area contributed by atoms with E-state index < -0.39 is 17.8 Å². The van der Waals surface area contributed by atoms with Gasteiger partial charge < -0.3 is 10.2 Å². The van der Waals surface area contributed by atoms with Crippen LogP contribution in [0.2, 0.25) is 5.02 Å². The first-order valence-electron chi connectivity index (χ1n) is 7.27. The number of hydrogen-bond acceptors (Lipinski definition) is 3. The largest absolute Gasteiger partial charge is 0.343 e. The van der Waals surface area contributed by atoms with Crippen LogP contribution in [0.25, 0.3) is 0 Å². The highest BCUT2D eigenvalue weighted by atomic mass is 35.5. The van der Waals surface area contributed by atoms with E-state index in [-0.39, 0.29) is 35.8 Å². The van der Waals surface area contributed by atoms with Crippen LogP contribution in [-0.2, 0) is 9.59 Å². The Hall–Kier alpha value is -2.13. The Morgan fingerprint density at radius 1 is 1.57 bits per heavy atom. The molecule has 0 unspecified atom stereocenters. The predicted molar refractivity (Wildman–Crippen MR) is 82.9 cm³/mol. The van der Waals surface area contributed by atoms with E-state index in [1.165, 1.54) is 12.1 Å². The van der Waals surface area contributed by atoms with Crippen molar-refractivity contribution < 1.29 is 14.0 Å². The summed E-state index contributed by atoms with van der Waals surface area (Å²) in [4.78, 5) is 26.2. The summed E-state index contributed by atoms with van der Waals surface area (Å²) in [6, 6.07) is 5.41. The number of carbonyl (C=O) groups is 2. The van der Waals surface area contributed by atoms with Crippen molar-refractivity contribution in [1.82, 2.24) is 10.2 Å². The third-order valence-electron chi connectivity index (χ3n) is 3.88. The maximum absolute atomic E-state index is 13.8. The van der Waals surface area contributed by atoms with Crippen molar-refractivity contribution in [2.75, 3.05) is 6.54 Å². The molecular weight excluding hydrogens is 321 g/mol. The number of nitrogens with one attached hydrogen (secondary N) is 1. The Morgan fingerprint density at radius 3 is 2.83 bits per heavy atom. The zero-order valence-electron chi connectivity index (χ0n) is 12.8. The molecular formula is C16H17ClFN3O2. The van der Waals surface area contributed by atoms with E-state index in [0.29, 0.717) is 5.56 Å². The lowest BCUT2D eigenvalue weighted by atomic mass is 9.92. The molecule has 0 bridgehead atoms. The molecule has 122 valence electrons. The lowest BCUT2D eigenvalue weighted by Crippen LogP contribution is -2.38. The van der Waals surface area contributed by atoms with E-state index in [1.807, 2.05) is 19.9 Å². The van der Waals surface area contributed by atoms with Crippen LogP contribution < -0.4 is 5.32 Å². The van der Waals surface area contributed by atoms with Gasteiger partial charge in [0.1, 0.15) is 12.4 Å². The molecule has 1 aliphatic rings. The second kappa shape index (κ2) is 6.97. The Balaban J connectivity index is 2.41.